The molecule has 2 heterocycles. The fourth-order valence-corrected chi connectivity index (χ4v) is 3.16. The highest BCUT2D eigenvalue weighted by molar-refractivity contribution is 5.96. The van der Waals surface area contributed by atoms with E-state index < -0.39 is 6.09 Å². The number of aromatic nitrogens is 2. The molecule has 9 heteroatoms. The smallest absolute Gasteiger partial charge is 0.407 e. The molecule has 0 saturated carbocycles. The number of hydrogen-bond acceptors (Lipinski definition) is 7. The van der Waals surface area contributed by atoms with E-state index in [9.17, 15) is 9.59 Å². The molecule has 0 aliphatic carbocycles. The third kappa shape index (κ3) is 6.07. The average Bonchev–Trinajstić information content (AvgIpc) is 2.77. The van der Waals surface area contributed by atoms with Crippen LogP contribution in [-0.4, -0.2) is 55.7 Å². The first-order valence-electron chi connectivity index (χ1n) is 10.1. The van der Waals surface area contributed by atoms with Crippen molar-refractivity contribution in [3.63, 3.8) is 0 Å². The van der Waals surface area contributed by atoms with E-state index in [1.54, 1.807) is 6.20 Å². The number of alkyl carbamates (subject to hydrolysis) is 1. The topological polar surface area (TPSA) is 99.7 Å². The van der Waals surface area contributed by atoms with E-state index in [1.807, 2.05) is 49.3 Å². The Morgan fingerprint density at radius 1 is 1.13 bits per heavy atom. The van der Waals surface area contributed by atoms with Crippen molar-refractivity contribution in [2.24, 2.45) is 0 Å². The highest BCUT2D eigenvalue weighted by Gasteiger charge is 2.18. The van der Waals surface area contributed by atoms with Crippen molar-refractivity contribution in [1.29, 1.82) is 0 Å². The van der Waals surface area contributed by atoms with Crippen LogP contribution in [0.5, 0.6) is 0 Å². The average molecular weight is 412 g/mol. The van der Waals surface area contributed by atoms with Crippen molar-refractivity contribution in [1.82, 2.24) is 15.3 Å². The van der Waals surface area contributed by atoms with Gasteiger partial charge in [-0.3, -0.25) is 4.79 Å². The number of amides is 2. The number of benzene rings is 1. The van der Waals surface area contributed by atoms with Crippen LogP contribution in [0.1, 0.15) is 24.8 Å². The van der Waals surface area contributed by atoms with Crippen molar-refractivity contribution in [3.05, 3.63) is 42.1 Å². The van der Waals surface area contributed by atoms with Gasteiger partial charge in [0.25, 0.3) is 0 Å². The Hall–Kier alpha value is -3.36. The van der Waals surface area contributed by atoms with Gasteiger partial charge in [-0.05, 0) is 24.8 Å². The molecule has 1 aromatic heterocycles. The summed E-state index contributed by atoms with van der Waals surface area (Å²) in [5, 5.41) is 5.21. The van der Waals surface area contributed by atoms with Crippen molar-refractivity contribution >= 4 is 29.5 Å². The number of hydrogen-bond donors (Lipinski definition) is 2. The van der Waals surface area contributed by atoms with E-state index in [4.69, 9.17) is 4.74 Å². The highest BCUT2D eigenvalue weighted by Crippen LogP contribution is 2.25. The molecule has 30 heavy (non-hydrogen) atoms. The summed E-state index contributed by atoms with van der Waals surface area (Å²) in [6.45, 7) is 1.81. The van der Waals surface area contributed by atoms with Crippen molar-refractivity contribution in [2.45, 2.75) is 25.9 Å². The number of rotatable bonds is 7. The molecule has 1 fully saturated rings. The number of carbonyl (C=O) groups is 2. The lowest BCUT2D eigenvalue weighted by molar-refractivity contribution is -0.115. The van der Waals surface area contributed by atoms with Gasteiger partial charge in [-0.25, -0.2) is 9.78 Å². The predicted octanol–water partition coefficient (Wildman–Crippen LogP) is 2.40. The zero-order chi connectivity index (χ0) is 21.3. The second-order valence-corrected chi connectivity index (χ2v) is 7.31. The lowest BCUT2D eigenvalue weighted by Crippen LogP contribution is -2.34. The van der Waals surface area contributed by atoms with Crippen LogP contribution in [0.4, 0.5) is 22.2 Å². The second-order valence-electron chi connectivity index (χ2n) is 7.31. The van der Waals surface area contributed by atoms with Gasteiger partial charge in [-0.2, -0.15) is 4.98 Å². The minimum absolute atomic E-state index is 0.144. The summed E-state index contributed by atoms with van der Waals surface area (Å²) < 4.78 is 5.11. The molecule has 2 N–H and O–H groups in total. The summed E-state index contributed by atoms with van der Waals surface area (Å²) in [5.74, 6) is 0.897. The maximum absolute atomic E-state index is 12.3. The van der Waals surface area contributed by atoms with Crippen LogP contribution >= 0.6 is 0 Å². The maximum atomic E-state index is 12.3. The molecule has 0 atom stereocenters. The Bertz CT molecular complexity index is 853. The van der Waals surface area contributed by atoms with Gasteiger partial charge in [-0.15, -0.1) is 0 Å². The first-order valence-corrected chi connectivity index (χ1v) is 10.1. The van der Waals surface area contributed by atoms with Crippen LogP contribution in [0.25, 0.3) is 0 Å². The largest absolute Gasteiger partial charge is 0.445 e. The molecule has 0 bridgehead atoms. The Morgan fingerprint density at radius 3 is 2.57 bits per heavy atom. The minimum Gasteiger partial charge on any atom is -0.445 e. The van der Waals surface area contributed by atoms with Gasteiger partial charge in [0.1, 0.15) is 18.8 Å². The lowest BCUT2D eigenvalue weighted by Gasteiger charge is -2.28. The molecule has 1 aliphatic rings. The van der Waals surface area contributed by atoms with E-state index in [0.717, 1.165) is 31.5 Å². The summed E-state index contributed by atoms with van der Waals surface area (Å²) in [5.41, 5.74) is 1.36. The number of carbonyl (C=O) groups excluding carboxylic acids is 2. The molecule has 1 aliphatic heterocycles. The van der Waals surface area contributed by atoms with Crippen molar-refractivity contribution < 1.29 is 14.3 Å². The van der Waals surface area contributed by atoms with Gasteiger partial charge in [0.15, 0.2) is 5.82 Å². The Balaban J connectivity index is 1.52. The predicted molar refractivity (Wildman–Crippen MR) is 116 cm³/mol. The number of nitrogens with zero attached hydrogens (tertiary/aromatic N) is 4. The van der Waals surface area contributed by atoms with Crippen molar-refractivity contribution in [3.8, 4) is 0 Å². The van der Waals surface area contributed by atoms with Crippen LogP contribution in [0, 0.1) is 0 Å². The van der Waals surface area contributed by atoms with Gasteiger partial charge in [-0.1, -0.05) is 30.3 Å². The summed E-state index contributed by atoms with van der Waals surface area (Å²) in [6.07, 6.45) is 4.44. The molecule has 1 saturated heterocycles. The molecule has 0 radical (unpaired) electrons. The van der Waals surface area contributed by atoms with Crippen molar-refractivity contribution in [2.75, 3.05) is 48.8 Å². The van der Waals surface area contributed by atoms with E-state index in [2.05, 4.69) is 25.5 Å². The van der Waals surface area contributed by atoms with E-state index in [-0.39, 0.29) is 19.1 Å². The molecule has 160 valence electrons. The van der Waals surface area contributed by atoms with Crippen LogP contribution in [0.15, 0.2) is 36.5 Å². The summed E-state index contributed by atoms with van der Waals surface area (Å²) in [4.78, 5) is 37.1. The molecular formula is C21H28N6O3. The van der Waals surface area contributed by atoms with Crippen LogP contribution in [-0.2, 0) is 16.1 Å². The third-order valence-electron chi connectivity index (χ3n) is 4.70. The van der Waals surface area contributed by atoms with Gasteiger partial charge >= 0.3 is 6.09 Å². The zero-order valence-electron chi connectivity index (χ0n) is 17.4. The van der Waals surface area contributed by atoms with Gasteiger partial charge in [0, 0.05) is 27.2 Å². The first-order chi connectivity index (χ1) is 14.5. The molecule has 9 nitrogen and oxygen atoms in total. The summed E-state index contributed by atoms with van der Waals surface area (Å²) >= 11 is 0. The fraction of sp³-hybridized carbons (Fsp3) is 0.429. The first kappa shape index (κ1) is 21.4. The molecule has 2 amide bonds. The fourth-order valence-electron chi connectivity index (χ4n) is 3.16. The Kier molecular flexibility index (Phi) is 7.42. The number of nitrogens with one attached hydrogen (secondary N) is 2. The molecule has 2 aromatic rings. The van der Waals surface area contributed by atoms with Crippen LogP contribution in [0.3, 0.4) is 0 Å². The minimum atomic E-state index is -0.654. The van der Waals surface area contributed by atoms with E-state index in [1.165, 1.54) is 6.42 Å². The number of piperidine rings is 1. The monoisotopic (exact) mass is 412 g/mol. The summed E-state index contributed by atoms with van der Waals surface area (Å²) in [7, 11) is 3.72. The Morgan fingerprint density at radius 2 is 1.87 bits per heavy atom. The molecule has 0 spiro atoms. The summed E-state index contributed by atoms with van der Waals surface area (Å²) in [6, 6.07) is 9.33. The normalized spacial score (nSPS) is 13.5. The van der Waals surface area contributed by atoms with E-state index in [0.29, 0.717) is 17.5 Å². The molecule has 0 unspecified atom stereocenters. The number of ether oxygens (including phenoxy) is 1. The highest BCUT2D eigenvalue weighted by atomic mass is 16.5. The van der Waals surface area contributed by atoms with E-state index >= 15 is 0 Å². The van der Waals surface area contributed by atoms with Gasteiger partial charge < -0.3 is 25.2 Å². The Labute approximate surface area is 176 Å². The SMILES string of the molecule is CN(C)c1nc(N2CCCCC2)ncc1NC(=O)CNC(=O)OCc1ccccc1. The molecular weight excluding hydrogens is 384 g/mol. The molecule has 1 aromatic carbocycles. The molecule has 3 rings (SSSR count). The van der Waals surface area contributed by atoms with Gasteiger partial charge in [0.2, 0.25) is 11.9 Å². The van der Waals surface area contributed by atoms with Gasteiger partial charge in [0.05, 0.1) is 6.20 Å². The third-order valence-corrected chi connectivity index (χ3v) is 4.70. The number of anilines is 3. The van der Waals surface area contributed by atoms with Crippen LogP contribution in [0.2, 0.25) is 0 Å². The lowest BCUT2D eigenvalue weighted by atomic mass is 10.1. The standard InChI is InChI=1S/C21H28N6O3/c1-26(2)19-17(13-22-20(25-19)27-11-7-4-8-12-27)24-18(28)14-23-21(29)30-15-16-9-5-3-6-10-16/h3,5-6,9-10,13H,4,7-8,11-12,14-15H2,1-2H3,(H,23,29)(H,24,28). The second kappa shape index (κ2) is 10.4. The quantitative estimate of drug-likeness (QED) is 0.720. The van der Waals surface area contributed by atoms with Crippen LogP contribution < -0.4 is 20.4 Å². The maximum Gasteiger partial charge on any atom is 0.407 e. The zero-order valence-corrected chi connectivity index (χ0v) is 17.4.